The van der Waals surface area contributed by atoms with Crippen molar-refractivity contribution < 1.29 is 0 Å². The number of hydrogen-bond donors (Lipinski definition) is 1. The minimum Gasteiger partial charge on any atom is -0.314 e. The second kappa shape index (κ2) is 6.29. The molecule has 0 aliphatic rings. The monoisotopic (exact) mass is 225 g/mol. The Hall–Kier alpha value is -0.340. The third-order valence-corrected chi connectivity index (χ3v) is 3.96. The van der Waals surface area contributed by atoms with Gasteiger partial charge in [0.1, 0.15) is 0 Å². The van der Waals surface area contributed by atoms with Crippen molar-refractivity contribution in [1.29, 1.82) is 0 Å². The van der Waals surface area contributed by atoms with Gasteiger partial charge < -0.3 is 5.32 Å². The van der Waals surface area contributed by atoms with Gasteiger partial charge in [0.05, 0.1) is 0 Å². The Morgan fingerprint density at radius 1 is 1.27 bits per heavy atom. The van der Waals surface area contributed by atoms with E-state index in [4.69, 9.17) is 0 Å². The maximum absolute atomic E-state index is 3.61. The maximum Gasteiger partial charge on any atom is 0.00619 e. The van der Waals surface area contributed by atoms with E-state index in [-0.39, 0.29) is 0 Å². The maximum atomic E-state index is 3.61. The molecule has 0 unspecified atom stereocenters. The van der Waals surface area contributed by atoms with Crippen LogP contribution in [0.3, 0.4) is 0 Å². The van der Waals surface area contributed by atoms with Crippen LogP contribution in [0.4, 0.5) is 0 Å². The largest absolute Gasteiger partial charge is 0.314 e. The van der Waals surface area contributed by atoms with E-state index in [2.05, 4.69) is 39.1 Å². The van der Waals surface area contributed by atoms with Crippen LogP contribution in [0.2, 0.25) is 0 Å². The van der Waals surface area contributed by atoms with Crippen LogP contribution in [0, 0.1) is 13.8 Å². The van der Waals surface area contributed by atoms with Crippen molar-refractivity contribution in [1.82, 2.24) is 5.32 Å². The van der Waals surface area contributed by atoms with Crippen LogP contribution < -0.4 is 5.32 Å². The standard InChI is InChI=1S/C13H23NS/c1-5-13(6-2)14-8-7-12-9-10(3)15-11(12)4/h9,13-14H,5-8H2,1-4H3. The summed E-state index contributed by atoms with van der Waals surface area (Å²) in [5, 5.41) is 3.61. The number of thiophene rings is 1. The molecule has 0 fully saturated rings. The Morgan fingerprint density at radius 3 is 2.40 bits per heavy atom. The summed E-state index contributed by atoms with van der Waals surface area (Å²) < 4.78 is 0. The highest BCUT2D eigenvalue weighted by Gasteiger charge is 2.04. The molecule has 0 saturated carbocycles. The van der Waals surface area contributed by atoms with Gasteiger partial charge in [-0.15, -0.1) is 11.3 Å². The highest BCUT2D eigenvalue weighted by molar-refractivity contribution is 7.12. The summed E-state index contributed by atoms with van der Waals surface area (Å²) in [5.41, 5.74) is 1.52. The van der Waals surface area contributed by atoms with Gasteiger partial charge in [-0.1, -0.05) is 13.8 Å². The Kier molecular flexibility index (Phi) is 5.34. The quantitative estimate of drug-likeness (QED) is 0.778. The summed E-state index contributed by atoms with van der Waals surface area (Å²) in [4.78, 5) is 2.92. The molecule has 1 aromatic rings. The molecule has 1 rings (SSSR count). The average molecular weight is 225 g/mol. The Balaban J connectivity index is 2.34. The summed E-state index contributed by atoms with van der Waals surface area (Å²) in [6.07, 6.45) is 3.64. The zero-order chi connectivity index (χ0) is 11.3. The highest BCUT2D eigenvalue weighted by atomic mass is 32.1. The first-order valence-electron chi connectivity index (χ1n) is 5.96. The predicted molar refractivity (Wildman–Crippen MR) is 69.9 cm³/mol. The average Bonchev–Trinajstić information content (AvgIpc) is 2.52. The fraction of sp³-hybridized carbons (Fsp3) is 0.692. The van der Waals surface area contributed by atoms with E-state index in [0.717, 1.165) is 6.54 Å². The molecular formula is C13H23NS. The van der Waals surface area contributed by atoms with Gasteiger partial charge in [0, 0.05) is 15.8 Å². The van der Waals surface area contributed by atoms with Gasteiger partial charge in [0.2, 0.25) is 0 Å². The second-order valence-electron chi connectivity index (χ2n) is 4.16. The normalized spacial score (nSPS) is 11.3. The lowest BCUT2D eigenvalue weighted by Crippen LogP contribution is -2.29. The lowest BCUT2D eigenvalue weighted by atomic mass is 10.1. The molecule has 0 bridgehead atoms. The SMILES string of the molecule is CCC(CC)NCCc1cc(C)sc1C. The van der Waals surface area contributed by atoms with Gasteiger partial charge >= 0.3 is 0 Å². The molecule has 0 radical (unpaired) electrons. The van der Waals surface area contributed by atoms with E-state index in [1.165, 1.54) is 34.6 Å². The Labute approximate surface area is 97.9 Å². The lowest BCUT2D eigenvalue weighted by molar-refractivity contribution is 0.488. The Morgan fingerprint density at radius 2 is 1.93 bits per heavy atom. The smallest absolute Gasteiger partial charge is 0.00619 e. The molecule has 86 valence electrons. The summed E-state index contributed by atoms with van der Waals surface area (Å²) in [5.74, 6) is 0. The van der Waals surface area contributed by atoms with E-state index in [0.29, 0.717) is 6.04 Å². The lowest BCUT2D eigenvalue weighted by Gasteiger charge is -2.14. The van der Waals surface area contributed by atoms with Crippen molar-refractivity contribution in [2.75, 3.05) is 6.54 Å². The van der Waals surface area contributed by atoms with Crippen LogP contribution >= 0.6 is 11.3 Å². The molecule has 0 amide bonds. The molecule has 2 heteroatoms. The fourth-order valence-corrected chi connectivity index (χ4v) is 2.90. The predicted octanol–water partition coefficient (Wildman–Crippen LogP) is 3.69. The van der Waals surface area contributed by atoms with Crippen LogP contribution in [0.1, 0.15) is 42.0 Å². The topological polar surface area (TPSA) is 12.0 Å². The molecule has 1 heterocycles. The van der Waals surface area contributed by atoms with Crippen LogP contribution in [0.25, 0.3) is 0 Å². The van der Waals surface area contributed by atoms with Crippen LogP contribution in [-0.2, 0) is 6.42 Å². The number of rotatable bonds is 6. The van der Waals surface area contributed by atoms with E-state index in [1.807, 2.05) is 11.3 Å². The zero-order valence-corrected chi connectivity index (χ0v) is 11.2. The first-order chi connectivity index (χ1) is 7.17. The van der Waals surface area contributed by atoms with Crippen LogP contribution in [-0.4, -0.2) is 12.6 Å². The van der Waals surface area contributed by atoms with Crippen molar-refractivity contribution in [3.05, 3.63) is 21.4 Å². The number of hydrogen-bond acceptors (Lipinski definition) is 2. The van der Waals surface area contributed by atoms with Crippen molar-refractivity contribution in [2.45, 2.75) is 53.0 Å². The number of aryl methyl sites for hydroxylation is 2. The van der Waals surface area contributed by atoms with Crippen molar-refractivity contribution >= 4 is 11.3 Å². The van der Waals surface area contributed by atoms with Gasteiger partial charge in [-0.25, -0.2) is 0 Å². The molecule has 0 aliphatic heterocycles. The van der Waals surface area contributed by atoms with Crippen LogP contribution in [0.5, 0.6) is 0 Å². The summed E-state index contributed by atoms with van der Waals surface area (Å²) in [7, 11) is 0. The fourth-order valence-electron chi connectivity index (χ4n) is 1.92. The van der Waals surface area contributed by atoms with Crippen LogP contribution in [0.15, 0.2) is 6.07 Å². The second-order valence-corrected chi connectivity index (χ2v) is 5.62. The first-order valence-corrected chi connectivity index (χ1v) is 6.78. The minimum atomic E-state index is 0.699. The van der Waals surface area contributed by atoms with Gasteiger partial charge in [-0.3, -0.25) is 0 Å². The minimum absolute atomic E-state index is 0.699. The van der Waals surface area contributed by atoms with E-state index < -0.39 is 0 Å². The van der Waals surface area contributed by atoms with Crippen molar-refractivity contribution in [3.8, 4) is 0 Å². The number of nitrogens with one attached hydrogen (secondary N) is 1. The molecule has 0 saturated heterocycles. The molecule has 0 aromatic carbocycles. The molecule has 15 heavy (non-hydrogen) atoms. The zero-order valence-electron chi connectivity index (χ0n) is 10.4. The summed E-state index contributed by atoms with van der Waals surface area (Å²) in [6.45, 7) is 10.0. The van der Waals surface area contributed by atoms with Crippen molar-refractivity contribution in [2.24, 2.45) is 0 Å². The highest BCUT2D eigenvalue weighted by Crippen LogP contribution is 2.20. The van der Waals surface area contributed by atoms with E-state index in [9.17, 15) is 0 Å². The van der Waals surface area contributed by atoms with Gasteiger partial charge in [0.15, 0.2) is 0 Å². The van der Waals surface area contributed by atoms with E-state index in [1.54, 1.807) is 0 Å². The Bertz CT molecular complexity index is 287. The molecule has 0 atom stereocenters. The molecule has 1 aromatic heterocycles. The molecule has 1 nitrogen and oxygen atoms in total. The third kappa shape index (κ3) is 3.96. The summed E-state index contributed by atoms with van der Waals surface area (Å²) in [6, 6.07) is 3.03. The molecule has 1 N–H and O–H groups in total. The third-order valence-electron chi connectivity index (χ3n) is 2.96. The molecular weight excluding hydrogens is 202 g/mol. The van der Waals surface area contributed by atoms with E-state index >= 15 is 0 Å². The van der Waals surface area contributed by atoms with Gasteiger partial charge in [0.25, 0.3) is 0 Å². The molecule has 0 spiro atoms. The first kappa shape index (κ1) is 12.7. The van der Waals surface area contributed by atoms with Crippen molar-refractivity contribution in [3.63, 3.8) is 0 Å². The van der Waals surface area contributed by atoms with Gasteiger partial charge in [-0.05, 0) is 51.3 Å². The molecule has 0 aliphatic carbocycles. The van der Waals surface area contributed by atoms with Gasteiger partial charge in [-0.2, -0.15) is 0 Å². The summed E-state index contributed by atoms with van der Waals surface area (Å²) >= 11 is 1.91.